The molecule has 1 aliphatic carbocycles. The van der Waals surface area contributed by atoms with Crippen molar-refractivity contribution in [1.82, 2.24) is 5.43 Å². The Kier molecular flexibility index (Phi) is 5.45. The Labute approximate surface area is 87.4 Å². The average Bonchev–Trinajstić information content (AvgIpc) is 2.60. The van der Waals surface area contributed by atoms with Crippen molar-refractivity contribution in [1.29, 1.82) is 0 Å². The Hall–Kier alpha value is -0.120. The normalized spacial score (nSPS) is 29.4. The lowest BCUT2D eigenvalue weighted by molar-refractivity contribution is 0.179. The first kappa shape index (κ1) is 12.0. The van der Waals surface area contributed by atoms with E-state index in [1.54, 1.807) is 7.11 Å². The van der Waals surface area contributed by atoms with Gasteiger partial charge in [0.05, 0.1) is 0 Å². The van der Waals surface area contributed by atoms with E-state index < -0.39 is 0 Å². The summed E-state index contributed by atoms with van der Waals surface area (Å²) in [5.41, 5.74) is 2.98. The van der Waals surface area contributed by atoms with Gasteiger partial charge in [-0.1, -0.05) is 19.8 Å². The van der Waals surface area contributed by atoms with Crippen molar-refractivity contribution >= 4 is 0 Å². The zero-order valence-corrected chi connectivity index (χ0v) is 9.46. The van der Waals surface area contributed by atoms with Gasteiger partial charge in [0.2, 0.25) is 0 Å². The van der Waals surface area contributed by atoms with Gasteiger partial charge in [-0.3, -0.25) is 11.3 Å². The third-order valence-electron chi connectivity index (χ3n) is 3.52. The summed E-state index contributed by atoms with van der Waals surface area (Å²) in [6, 6.07) is 0.489. The molecule has 0 amide bonds. The fourth-order valence-electron chi connectivity index (χ4n) is 2.64. The van der Waals surface area contributed by atoms with Gasteiger partial charge in [-0.25, -0.2) is 0 Å². The Morgan fingerprint density at radius 2 is 2.29 bits per heavy atom. The Balaban J connectivity index is 2.29. The minimum atomic E-state index is 0.489. The largest absolute Gasteiger partial charge is 0.385 e. The van der Waals surface area contributed by atoms with Crippen LogP contribution in [0.25, 0.3) is 0 Å². The lowest BCUT2D eigenvalue weighted by atomic mass is 9.88. The monoisotopic (exact) mass is 200 g/mol. The van der Waals surface area contributed by atoms with Gasteiger partial charge in [0.15, 0.2) is 0 Å². The predicted octanol–water partition coefficient (Wildman–Crippen LogP) is 1.68. The van der Waals surface area contributed by atoms with E-state index in [0.717, 1.165) is 31.3 Å². The molecular formula is C11H24N2O. The van der Waals surface area contributed by atoms with Crippen molar-refractivity contribution < 1.29 is 4.74 Å². The number of hydrazine groups is 1. The highest BCUT2D eigenvalue weighted by atomic mass is 16.5. The first-order valence-corrected chi connectivity index (χ1v) is 5.74. The zero-order valence-electron chi connectivity index (χ0n) is 9.46. The number of hydrogen-bond donors (Lipinski definition) is 2. The second-order valence-corrected chi connectivity index (χ2v) is 4.48. The summed E-state index contributed by atoms with van der Waals surface area (Å²) in [5.74, 6) is 7.21. The first-order valence-electron chi connectivity index (χ1n) is 5.74. The van der Waals surface area contributed by atoms with E-state index in [0.29, 0.717) is 6.04 Å². The summed E-state index contributed by atoms with van der Waals surface area (Å²) in [4.78, 5) is 0. The molecule has 0 aromatic rings. The summed E-state index contributed by atoms with van der Waals surface area (Å²) >= 11 is 0. The Morgan fingerprint density at radius 1 is 1.50 bits per heavy atom. The van der Waals surface area contributed by atoms with Crippen LogP contribution in [0, 0.1) is 11.8 Å². The molecule has 3 N–H and O–H groups in total. The van der Waals surface area contributed by atoms with Crippen molar-refractivity contribution in [3.63, 3.8) is 0 Å². The molecule has 0 bridgehead atoms. The van der Waals surface area contributed by atoms with E-state index >= 15 is 0 Å². The third-order valence-corrected chi connectivity index (χ3v) is 3.52. The van der Waals surface area contributed by atoms with E-state index in [4.69, 9.17) is 10.6 Å². The lowest BCUT2D eigenvalue weighted by Crippen LogP contribution is -2.42. The topological polar surface area (TPSA) is 47.3 Å². The molecule has 0 spiro atoms. The van der Waals surface area contributed by atoms with Crippen LogP contribution in [0.2, 0.25) is 0 Å². The number of ether oxygens (including phenoxy) is 1. The van der Waals surface area contributed by atoms with Gasteiger partial charge < -0.3 is 4.74 Å². The van der Waals surface area contributed by atoms with Crippen LogP contribution < -0.4 is 11.3 Å². The van der Waals surface area contributed by atoms with E-state index in [2.05, 4.69) is 12.3 Å². The maximum Gasteiger partial charge on any atom is 0.0462 e. The highest BCUT2D eigenvalue weighted by Gasteiger charge is 2.29. The maximum atomic E-state index is 5.61. The molecule has 3 atom stereocenters. The van der Waals surface area contributed by atoms with Gasteiger partial charge in [0, 0.05) is 19.8 Å². The summed E-state index contributed by atoms with van der Waals surface area (Å²) in [6.45, 7) is 3.19. The standard InChI is InChI=1S/C11H24N2O/c1-9-5-3-6-10(9)11(13-12)7-4-8-14-2/h9-11,13H,3-8,12H2,1-2H3. The Bertz CT molecular complexity index is 152. The van der Waals surface area contributed by atoms with Crippen LogP contribution in [0.15, 0.2) is 0 Å². The van der Waals surface area contributed by atoms with Crippen molar-refractivity contribution in [3.8, 4) is 0 Å². The number of nitrogens with one attached hydrogen (secondary N) is 1. The first-order chi connectivity index (χ1) is 6.79. The van der Waals surface area contributed by atoms with Crippen molar-refractivity contribution in [2.75, 3.05) is 13.7 Å². The molecule has 84 valence electrons. The molecular weight excluding hydrogens is 176 g/mol. The minimum absolute atomic E-state index is 0.489. The van der Waals surface area contributed by atoms with E-state index in [1.807, 2.05) is 0 Å². The van der Waals surface area contributed by atoms with Crippen molar-refractivity contribution in [3.05, 3.63) is 0 Å². The number of nitrogens with two attached hydrogens (primary N) is 1. The van der Waals surface area contributed by atoms with Gasteiger partial charge in [-0.05, 0) is 31.1 Å². The number of rotatable bonds is 6. The van der Waals surface area contributed by atoms with Crippen LogP contribution >= 0.6 is 0 Å². The van der Waals surface area contributed by atoms with Gasteiger partial charge in [-0.15, -0.1) is 0 Å². The Morgan fingerprint density at radius 3 is 2.79 bits per heavy atom. The molecule has 3 nitrogen and oxygen atoms in total. The molecule has 1 fully saturated rings. The van der Waals surface area contributed by atoms with Gasteiger partial charge >= 0.3 is 0 Å². The fourth-order valence-corrected chi connectivity index (χ4v) is 2.64. The number of hydrogen-bond acceptors (Lipinski definition) is 3. The van der Waals surface area contributed by atoms with Crippen LogP contribution in [0.1, 0.15) is 39.0 Å². The summed E-state index contributed by atoms with van der Waals surface area (Å²) in [7, 11) is 1.75. The summed E-state index contributed by atoms with van der Waals surface area (Å²) < 4.78 is 5.06. The van der Waals surface area contributed by atoms with Gasteiger partial charge in [0.25, 0.3) is 0 Å². The maximum absolute atomic E-state index is 5.61. The smallest absolute Gasteiger partial charge is 0.0462 e. The van der Waals surface area contributed by atoms with E-state index in [9.17, 15) is 0 Å². The highest BCUT2D eigenvalue weighted by Crippen LogP contribution is 2.34. The summed E-state index contributed by atoms with van der Waals surface area (Å²) in [6.07, 6.45) is 6.32. The van der Waals surface area contributed by atoms with Crippen molar-refractivity contribution in [2.45, 2.75) is 45.1 Å². The third kappa shape index (κ3) is 3.23. The van der Waals surface area contributed by atoms with E-state index in [-0.39, 0.29) is 0 Å². The van der Waals surface area contributed by atoms with Crippen LogP contribution in [-0.2, 0) is 4.74 Å². The molecule has 0 radical (unpaired) electrons. The lowest BCUT2D eigenvalue weighted by Gasteiger charge is -2.26. The van der Waals surface area contributed by atoms with Crippen molar-refractivity contribution in [2.24, 2.45) is 17.7 Å². The molecule has 0 heterocycles. The molecule has 1 rings (SSSR count). The minimum Gasteiger partial charge on any atom is -0.385 e. The second-order valence-electron chi connectivity index (χ2n) is 4.48. The molecule has 1 aliphatic rings. The van der Waals surface area contributed by atoms with Gasteiger partial charge in [-0.2, -0.15) is 0 Å². The number of methoxy groups -OCH3 is 1. The highest BCUT2D eigenvalue weighted by molar-refractivity contribution is 4.83. The predicted molar refractivity (Wildman–Crippen MR) is 58.7 cm³/mol. The molecule has 14 heavy (non-hydrogen) atoms. The molecule has 0 aliphatic heterocycles. The van der Waals surface area contributed by atoms with Gasteiger partial charge in [0.1, 0.15) is 0 Å². The molecule has 3 unspecified atom stereocenters. The molecule has 0 aromatic carbocycles. The van der Waals surface area contributed by atoms with Crippen LogP contribution in [0.4, 0.5) is 0 Å². The average molecular weight is 200 g/mol. The second kappa shape index (κ2) is 6.38. The van der Waals surface area contributed by atoms with E-state index in [1.165, 1.54) is 19.3 Å². The van der Waals surface area contributed by atoms with Crippen LogP contribution in [0.5, 0.6) is 0 Å². The molecule has 0 saturated heterocycles. The molecule has 1 saturated carbocycles. The molecule has 3 heteroatoms. The quantitative estimate of drug-likeness (QED) is 0.389. The fraction of sp³-hybridized carbons (Fsp3) is 1.00. The zero-order chi connectivity index (χ0) is 10.4. The molecule has 0 aromatic heterocycles. The van der Waals surface area contributed by atoms with Crippen LogP contribution in [0.3, 0.4) is 0 Å². The van der Waals surface area contributed by atoms with Crippen LogP contribution in [-0.4, -0.2) is 19.8 Å². The SMILES string of the molecule is COCCCC(NN)C1CCCC1C. The summed E-state index contributed by atoms with van der Waals surface area (Å²) in [5, 5.41) is 0.